The van der Waals surface area contributed by atoms with Gasteiger partial charge in [-0.3, -0.25) is 4.79 Å². The molecule has 0 saturated carbocycles. The van der Waals surface area contributed by atoms with Gasteiger partial charge >= 0.3 is 41.5 Å². The summed E-state index contributed by atoms with van der Waals surface area (Å²) in [5.74, 6) is -3.54. The van der Waals surface area contributed by atoms with Crippen molar-refractivity contribution in [3.8, 4) is 0 Å². The molecule has 0 aliphatic carbocycles. The van der Waals surface area contributed by atoms with Crippen LogP contribution in [0.15, 0.2) is 0 Å². The van der Waals surface area contributed by atoms with Crippen molar-refractivity contribution in [2.75, 3.05) is 6.61 Å². The molecule has 0 fully saturated rings. The van der Waals surface area contributed by atoms with Gasteiger partial charge in [-0.1, -0.05) is 0 Å². The van der Waals surface area contributed by atoms with Gasteiger partial charge in [0.15, 0.2) is 6.61 Å². The summed E-state index contributed by atoms with van der Waals surface area (Å²) in [6, 6.07) is -1.24. The Kier molecular flexibility index (Phi) is 9.69. The second kappa shape index (κ2) is 8.66. The van der Waals surface area contributed by atoms with Crippen molar-refractivity contribution in [1.82, 2.24) is 0 Å². The van der Waals surface area contributed by atoms with Crippen LogP contribution in [-0.2, 0) is 19.1 Å². The van der Waals surface area contributed by atoms with Crippen LogP contribution >= 0.6 is 0 Å². The SMILES string of the molecule is N[C@@H](CCC(=O)OCC(=O)O)C(=O)[O-].[Na+]. The first-order chi connectivity index (χ1) is 6.43. The molecule has 0 aromatic heterocycles. The van der Waals surface area contributed by atoms with E-state index in [1.807, 2.05) is 0 Å². The molecule has 0 aliphatic rings. The fourth-order valence-electron chi connectivity index (χ4n) is 0.606. The third-order valence-corrected chi connectivity index (χ3v) is 1.32. The number of carboxylic acid groups (broad SMARTS) is 2. The fourth-order valence-corrected chi connectivity index (χ4v) is 0.606. The third-order valence-electron chi connectivity index (χ3n) is 1.32. The van der Waals surface area contributed by atoms with E-state index < -0.39 is 30.6 Å². The van der Waals surface area contributed by atoms with Gasteiger partial charge in [-0.05, 0) is 6.42 Å². The molecule has 15 heavy (non-hydrogen) atoms. The molecule has 0 spiro atoms. The van der Waals surface area contributed by atoms with Crippen molar-refractivity contribution in [3.63, 3.8) is 0 Å². The number of carbonyl (C=O) groups excluding carboxylic acids is 2. The summed E-state index contributed by atoms with van der Waals surface area (Å²) in [7, 11) is 0. The predicted molar refractivity (Wildman–Crippen MR) is 40.8 cm³/mol. The van der Waals surface area contributed by atoms with Gasteiger partial charge < -0.3 is 25.5 Å². The average Bonchev–Trinajstić information content (AvgIpc) is 2.10. The molecular weight excluding hydrogens is 217 g/mol. The number of esters is 1. The second-order valence-electron chi connectivity index (χ2n) is 2.52. The molecule has 3 N–H and O–H groups in total. The molecule has 7 nitrogen and oxygen atoms in total. The van der Waals surface area contributed by atoms with Crippen LogP contribution in [0, 0.1) is 0 Å². The largest absolute Gasteiger partial charge is 1.00 e. The number of nitrogens with two attached hydrogens (primary N) is 1. The van der Waals surface area contributed by atoms with E-state index in [9.17, 15) is 19.5 Å². The van der Waals surface area contributed by atoms with Gasteiger partial charge in [0, 0.05) is 12.5 Å². The first-order valence-electron chi connectivity index (χ1n) is 3.77. The molecule has 8 heteroatoms. The second-order valence-corrected chi connectivity index (χ2v) is 2.52. The van der Waals surface area contributed by atoms with Gasteiger partial charge in [-0.15, -0.1) is 0 Å². The van der Waals surface area contributed by atoms with Crippen LogP contribution in [0.5, 0.6) is 0 Å². The van der Waals surface area contributed by atoms with Gasteiger partial charge in [0.05, 0.1) is 5.97 Å². The number of ether oxygens (including phenoxy) is 1. The minimum atomic E-state index is -1.46. The summed E-state index contributed by atoms with van der Waals surface area (Å²) in [6.07, 6.45) is -0.386. The Labute approximate surface area is 108 Å². The Morgan fingerprint density at radius 1 is 1.40 bits per heavy atom. The fraction of sp³-hybridized carbons (Fsp3) is 0.571. The maximum absolute atomic E-state index is 10.7. The zero-order valence-electron chi connectivity index (χ0n) is 8.26. The molecule has 0 heterocycles. The maximum atomic E-state index is 10.7. The van der Waals surface area contributed by atoms with Crippen LogP contribution < -0.4 is 40.4 Å². The van der Waals surface area contributed by atoms with Crippen molar-refractivity contribution in [2.24, 2.45) is 5.73 Å². The average molecular weight is 227 g/mol. The summed E-state index contributed by atoms with van der Waals surface area (Å²) in [6.45, 7) is -0.737. The zero-order chi connectivity index (χ0) is 11.1. The van der Waals surface area contributed by atoms with Crippen molar-refractivity contribution >= 4 is 17.9 Å². The predicted octanol–water partition coefficient (Wildman–Crippen LogP) is -5.52. The summed E-state index contributed by atoms with van der Waals surface area (Å²) in [5, 5.41) is 18.2. The molecule has 0 bridgehead atoms. The van der Waals surface area contributed by atoms with E-state index in [1.54, 1.807) is 0 Å². The van der Waals surface area contributed by atoms with Gasteiger partial charge in [0.25, 0.3) is 0 Å². The quantitative estimate of drug-likeness (QED) is 0.342. The first kappa shape index (κ1) is 16.8. The summed E-state index contributed by atoms with van der Waals surface area (Å²) >= 11 is 0. The normalized spacial score (nSPS) is 11.0. The summed E-state index contributed by atoms with van der Waals surface area (Å²) in [5.41, 5.74) is 5.03. The molecule has 0 saturated heterocycles. The van der Waals surface area contributed by atoms with E-state index in [1.165, 1.54) is 0 Å². The smallest absolute Gasteiger partial charge is 0.548 e. The number of aliphatic carboxylic acids is 2. The Balaban J connectivity index is 0. The van der Waals surface area contributed by atoms with Crippen molar-refractivity contribution < 1.29 is 58.9 Å². The molecule has 0 amide bonds. The first-order valence-corrected chi connectivity index (χ1v) is 3.77. The molecule has 0 rings (SSSR count). The standard InChI is InChI=1S/C7H11NO6.Na/c8-4(7(12)13)1-2-6(11)14-3-5(9)10;/h4H,1-3,8H2,(H,9,10)(H,12,13);/q;+1/p-1/t4-;/m0./s1. The number of rotatable bonds is 6. The molecule has 0 aliphatic heterocycles. The minimum absolute atomic E-state index is 0. The minimum Gasteiger partial charge on any atom is -0.548 e. The number of carbonyl (C=O) groups is 3. The Morgan fingerprint density at radius 2 is 1.93 bits per heavy atom. The van der Waals surface area contributed by atoms with Crippen LogP contribution in [0.1, 0.15) is 12.8 Å². The van der Waals surface area contributed by atoms with E-state index >= 15 is 0 Å². The van der Waals surface area contributed by atoms with E-state index in [0.29, 0.717) is 0 Å². The van der Waals surface area contributed by atoms with Crippen molar-refractivity contribution in [3.05, 3.63) is 0 Å². The van der Waals surface area contributed by atoms with Gasteiger partial charge in [-0.25, -0.2) is 4.79 Å². The zero-order valence-corrected chi connectivity index (χ0v) is 10.3. The van der Waals surface area contributed by atoms with Crippen molar-refractivity contribution in [2.45, 2.75) is 18.9 Å². The number of hydrogen-bond donors (Lipinski definition) is 2. The molecule has 0 radical (unpaired) electrons. The van der Waals surface area contributed by atoms with Gasteiger partial charge in [0.2, 0.25) is 0 Å². The number of carboxylic acids is 2. The van der Waals surface area contributed by atoms with Crippen LogP contribution in [0.2, 0.25) is 0 Å². The molecule has 0 unspecified atom stereocenters. The van der Waals surface area contributed by atoms with Gasteiger partial charge in [0.1, 0.15) is 0 Å². The number of hydrogen-bond acceptors (Lipinski definition) is 6. The molecule has 1 atom stereocenters. The Hall–Kier alpha value is -0.630. The van der Waals surface area contributed by atoms with Crippen LogP contribution in [0.4, 0.5) is 0 Å². The summed E-state index contributed by atoms with van der Waals surface area (Å²) < 4.78 is 4.23. The van der Waals surface area contributed by atoms with E-state index in [2.05, 4.69) is 4.74 Å². The Morgan fingerprint density at radius 3 is 2.33 bits per heavy atom. The summed E-state index contributed by atoms with van der Waals surface area (Å²) in [4.78, 5) is 30.8. The monoisotopic (exact) mass is 227 g/mol. The van der Waals surface area contributed by atoms with Crippen LogP contribution in [0.25, 0.3) is 0 Å². The van der Waals surface area contributed by atoms with E-state index in [-0.39, 0.29) is 42.4 Å². The molecule has 0 aromatic rings. The topological polar surface area (TPSA) is 130 Å². The van der Waals surface area contributed by atoms with Gasteiger partial charge in [-0.2, -0.15) is 0 Å². The Bertz CT molecular complexity index is 244. The van der Waals surface area contributed by atoms with E-state index in [4.69, 9.17) is 10.8 Å². The molecule has 0 aromatic carbocycles. The van der Waals surface area contributed by atoms with Crippen molar-refractivity contribution in [1.29, 1.82) is 0 Å². The van der Waals surface area contributed by atoms with Crippen LogP contribution in [0.3, 0.4) is 0 Å². The third kappa shape index (κ3) is 9.67. The maximum Gasteiger partial charge on any atom is 1.00 e. The van der Waals surface area contributed by atoms with Crippen LogP contribution in [-0.4, -0.2) is 35.7 Å². The molecule has 80 valence electrons. The van der Waals surface area contributed by atoms with E-state index in [0.717, 1.165) is 0 Å². The molecular formula is C7H10NNaO6.